The number of rotatable bonds is 4. The molecule has 3 aliphatic rings. The molecular formula is C19H22N4O3. The standard InChI is InChI=1S/C19H22N4O3/c24-16-9-15(21-18(22-16)10-5-6-10)11-7-12(8-11)20-19(25)17-13-3-1-2-4-14(13)23-26-17/h9-12H,1-8H2,(H,20,25)(H,21,22,24). The molecule has 0 atom stereocenters. The van der Waals surface area contributed by atoms with Crippen molar-refractivity contribution in [3.63, 3.8) is 0 Å². The van der Waals surface area contributed by atoms with E-state index in [2.05, 4.69) is 20.4 Å². The Kier molecular flexibility index (Phi) is 3.69. The maximum absolute atomic E-state index is 12.5. The third-order valence-electron chi connectivity index (χ3n) is 5.80. The fourth-order valence-corrected chi connectivity index (χ4v) is 4.05. The summed E-state index contributed by atoms with van der Waals surface area (Å²) in [5.74, 6) is 1.71. The summed E-state index contributed by atoms with van der Waals surface area (Å²) in [7, 11) is 0. The largest absolute Gasteiger partial charge is 0.350 e. The van der Waals surface area contributed by atoms with Gasteiger partial charge in [-0.15, -0.1) is 0 Å². The predicted octanol–water partition coefficient (Wildman–Crippen LogP) is 2.19. The topological polar surface area (TPSA) is 101 Å². The van der Waals surface area contributed by atoms with Crippen LogP contribution in [0.3, 0.4) is 0 Å². The summed E-state index contributed by atoms with van der Waals surface area (Å²) in [5.41, 5.74) is 2.71. The van der Waals surface area contributed by atoms with E-state index < -0.39 is 0 Å². The first-order valence-corrected chi connectivity index (χ1v) is 9.57. The normalized spacial score (nSPS) is 24.6. The summed E-state index contributed by atoms with van der Waals surface area (Å²) in [6.45, 7) is 0. The summed E-state index contributed by atoms with van der Waals surface area (Å²) >= 11 is 0. The van der Waals surface area contributed by atoms with Gasteiger partial charge in [0.1, 0.15) is 5.82 Å². The average Bonchev–Trinajstić information content (AvgIpc) is 3.36. The number of carbonyl (C=O) groups excluding carboxylic acids is 1. The van der Waals surface area contributed by atoms with Gasteiger partial charge in [0.25, 0.3) is 11.5 Å². The van der Waals surface area contributed by atoms with Crippen LogP contribution in [0.25, 0.3) is 0 Å². The summed E-state index contributed by atoms with van der Waals surface area (Å²) in [6, 6.07) is 1.70. The molecule has 0 spiro atoms. The molecule has 7 heteroatoms. The van der Waals surface area contributed by atoms with E-state index >= 15 is 0 Å². The maximum atomic E-state index is 12.5. The van der Waals surface area contributed by atoms with Crippen molar-refractivity contribution in [3.8, 4) is 0 Å². The zero-order valence-corrected chi connectivity index (χ0v) is 14.6. The van der Waals surface area contributed by atoms with Gasteiger partial charge >= 0.3 is 0 Å². The summed E-state index contributed by atoms with van der Waals surface area (Å²) in [4.78, 5) is 31.9. The monoisotopic (exact) mass is 354 g/mol. The third kappa shape index (κ3) is 2.85. The third-order valence-corrected chi connectivity index (χ3v) is 5.80. The van der Waals surface area contributed by atoms with Crippen molar-refractivity contribution in [2.24, 2.45) is 0 Å². The molecule has 2 saturated carbocycles. The highest BCUT2D eigenvalue weighted by molar-refractivity contribution is 5.93. The van der Waals surface area contributed by atoms with Gasteiger partial charge in [-0.1, -0.05) is 5.16 Å². The molecule has 0 radical (unpaired) electrons. The van der Waals surface area contributed by atoms with Gasteiger partial charge in [-0.3, -0.25) is 9.59 Å². The number of fused-ring (bicyclic) bond motifs is 1. The van der Waals surface area contributed by atoms with E-state index in [1.807, 2.05) is 0 Å². The minimum atomic E-state index is -0.165. The number of nitrogens with one attached hydrogen (secondary N) is 2. The second kappa shape index (κ2) is 6.07. The molecular weight excluding hydrogens is 332 g/mol. The van der Waals surface area contributed by atoms with Gasteiger partial charge in [-0.2, -0.15) is 0 Å². The second-order valence-corrected chi connectivity index (χ2v) is 7.81. The van der Waals surface area contributed by atoms with E-state index in [0.717, 1.165) is 74.1 Å². The molecule has 2 aromatic rings. The first-order valence-electron chi connectivity index (χ1n) is 9.57. The first-order chi connectivity index (χ1) is 12.7. The zero-order chi connectivity index (χ0) is 17.7. The van der Waals surface area contributed by atoms with Gasteiger partial charge in [0.05, 0.1) is 11.4 Å². The molecule has 0 saturated heterocycles. The van der Waals surface area contributed by atoms with Crippen LogP contribution in [-0.2, 0) is 12.8 Å². The Labute approximate surface area is 150 Å². The molecule has 3 aliphatic carbocycles. The van der Waals surface area contributed by atoms with E-state index in [1.165, 1.54) is 0 Å². The molecule has 0 aromatic carbocycles. The number of H-pyrrole nitrogens is 1. The second-order valence-electron chi connectivity index (χ2n) is 7.81. The lowest BCUT2D eigenvalue weighted by molar-refractivity contribution is 0.0869. The molecule has 0 bridgehead atoms. The highest BCUT2D eigenvalue weighted by atomic mass is 16.5. The van der Waals surface area contributed by atoms with Gasteiger partial charge in [-0.25, -0.2) is 4.98 Å². The molecule has 1 amide bonds. The summed E-state index contributed by atoms with van der Waals surface area (Å²) in [5, 5.41) is 7.10. The Hall–Kier alpha value is -2.44. The Morgan fingerprint density at radius 3 is 2.81 bits per heavy atom. The van der Waals surface area contributed by atoms with Gasteiger partial charge in [0, 0.05) is 29.5 Å². The van der Waals surface area contributed by atoms with Crippen molar-refractivity contribution >= 4 is 5.91 Å². The van der Waals surface area contributed by atoms with Crippen LogP contribution >= 0.6 is 0 Å². The van der Waals surface area contributed by atoms with Crippen molar-refractivity contribution in [2.75, 3.05) is 0 Å². The maximum Gasteiger partial charge on any atom is 0.290 e. The SMILES string of the molecule is O=C(NC1CC(c2cc(=O)[nH]c(C3CC3)n2)C1)c1onc2c1CCCC2. The molecule has 0 unspecified atom stereocenters. The zero-order valence-electron chi connectivity index (χ0n) is 14.6. The molecule has 2 N–H and O–H groups in total. The molecule has 136 valence electrons. The summed E-state index contributed by atoms with van der Waals surface area (Å²) < 4.78 is 5.31. The molecule has 26 heavy (non-hydrogen) atoms. The number of carbonyl (C=O) groups is 1. The number of nitrogens with zero attached hydrogens (tertiary/aromatic N) is 2. The van der Waals surface area contributed by atoms with Crippen LogP contribution in [0.2, 0.25) is 0 Å². The van der Waals surface area contributed by atoms with Crippen LogP contribution in [0.1, 0.15) is 83.7 Å². The molecule has 2 fully saturated rings. The van der Waals surface area contributed by atoms with Gasteiger partial charge in [0.2, 0.25) is 5.76 Å². The average molecular weight is 354 g/mol. The van der Waals surface area contributed by atoms with E-state index in [4.69, 9.17) is 4.52 Å². The lowest BCUT2D eigenvalue weighted by Crippen LogP contribution is -2.44. The van der Waals surface area contributed by atoms with Crippen molar-refractivity contribution in [2.45, 2.75) is 69.2 Å². The highest BCUT2D eigenvalue weighted by Gasteiger charge is 2.35. The van der Waals surface area contributed by atoms with E-state index in [-0.39, 0.29) is 23.4 Å². The number of hydrogen-bond acceptors (Lipinski definition) is 5. The fourth-order valence-electron chi connectivity index (χ4n) is 4.05. The van der Waals surface area contributed by atoms with Gasteiger partial charge in [-0.05, 0) is 51.4 Å². The van der Waals surface area contributed by atoms with Crippen LogP contribution in [0.15, 0.2) is 15.4 Å². The number of aryl methyl sites for hydroxylation is 1. The Bertz CT molecular complexity index is 906. The van der Waals surface area contributed by atoms with Crippen LogP contribution in [-0.4, -0.2) is 27.1 Å². The first kappa shape index (κ1) is 15.8. The van der Waals surface area contributed by atoms with E-state index in [9.17, 15) is 9.59 Å². The van der Waals surface area contributed by atoms with Crippen molar-refractivity contribution in [1.82, 2.24) is 20.4 Å². The number of hydrogen-bond donors (Lipinski definition) is 2. The molecule has 0 aliphatic heterocycles. The van der Waals surface area contributed by atoms with Crippen LogP contribution < -0.4 is 10.9 Å². The number of amides is 1. The van der Waals surface area contributed by atoms with Crippen LogP contribution in [0.4, 0.5) is 0 Å². The van der Waals surface area contributed by atoms with Crippen molar-refractivity contribution < 1.29 is 9.32 Å². The Morgan fingerprint density at radius 2 is 2.00 bits per heavy atom. The molecule has 2 heterocycles. The minimum Gasteiger partial charge on any atom is -0.350 e. The smallest absolute Gasteiger partial charge is 0.290 e. The van der Waals surface area contributed by atoms with E-state index in [1.54, 1.807) is 6.07 Å². The fraction of sp³-hybridized carbons (Fsp3) is 0.579. The van der Waals surface area contributed by atoms with Crippen LogP contribution in [0.5, 0.6) is 0 Å². The molecule has 2 aromatic heterocycles. The summed E-state index contributed by atoms with van der Waals surface area (Å²) in [6.07, 6.45) is 7.79. The Morgan fingerprint density at radius 1 is 1.19 bits per heavy atom. The van der Waals surface area contributed by atoms with Gasteiger partial charge in [0.15, 0.2) is 0 Å². The van der Waals surface area contributed by atoms with Crippen molar-refractivity contribution in [1.29, 1.82) is 0 Å². The predicted molar refractivity (Wildman–Crippen MR) is 93.2 cm³/mol. The number of aromatic nitrogens is 3. The van der Waals surface area contributed by atoms with Crippen molar-refractivity contribution in [3.05, 3.63) is 45.0 Å². The Balaban J connectivity index is 1.23. The lowest BCUT2D eigenvalue weighted by Gasteiger charge is -2.35. The highest BCUT2D eigenvalue weighted by Crippen LogP contribution is 2.40. The van der Waals surface area contributed by atoms with Gasteiger partial charge < -0.3 is 14.8 Å². The minimum absolute atomic E-state index is 0.0716. The number of aromatic amines is 1. The molecule has 7 nitrogen and oxygen atoms in total. The van der Waals surface area contributed by atoms with E-state index in [0.29, 0.717) is 11.7 Å². The van der Waals surface area contributed by atoms with Crippen LogP contribution in [0, 0.1) is 0 Å². The quantitative estimate of drug-likeness (QED) is 0.876. The molecule has 5 rings (SSSR count). The lowest BCUT2D eigenvalue weighted by atomic mass is 9.78.